The molecule has 0 saturated carbocycles. The van der Waals surface area contributed by atoms with E-state index in [1.807, 2.05) is 24.3 Å². The maximum atomic E-state index is 12.8. The summed E-state index contributed by atoms with van der Waals surface area (Å²) in [5, 5.41) is 3.08. The van der Waals surface area contributed by atoms with Gasteiger partial charge in [-0.05, 0) is 17.0 Å². The SMILES string of the molecule is C=CCn1c2c(c(=O)[nH]c1=O)C(c1ccc(C(C)C)cc1)C1=C(COC1=O)N2. The maximum Gasteiger partial charge on any atom is 0.337 e. The number of fused-ring (bicyclic) bond motifs is 1. The summed E-state index contributed by atoms with van der Waals surface area (Å²) in [4.78, 5) is 39.9. The molecule has 4 rings (SSSR count). The largest absolute Gasteiger partial charge is 0.456 e. The Kier molecular flexibility index (Phi) is 4.30. The molecule has 0 amide bonds. The van der Waals surface area contributed by atoms with Crippen molar-refractivity contribution >= 4 is 11.8 Å². The lowest BCUT2D eigenvalue weighted by atomic mass is 9.82. The molecule has 1 unspecified atom stereocenters. The zero-order chi connectivity index (χ0) is 20.0. The number of nitrogens with zero attached hydrogens (tertiary/aromatic N) is 1. The molecule has 2 aromatic rings. The molecule has 0 saturated heterocycles. The van der Waals surface area contributed by atoms with E-state index < -0.39 is 23.1 Å². The lowest BCUT2D eigenvalue weighted by molar-refractivity contribution is -0.136. The van der Waals surface area contributed by atoms with Gasteiger partial charge in [0.05, 0.1) is 22.8 Å². The Balaban J connectivity index is 1.98. The van der Waals surface area contributed by atoms with E-state index in [1.54, 1.807) is 6.08 Å². The summed E-state index contributed by atoms with van der Waals surface area (Å²) >= 11 is 0. The molecule has 0 aliphatic carbocycles. The number of nitrogens with one attached hydrogen (secondary N) is 2. The molecule has 28 heavy (non-hydrogen) atoms. The van der Waals surface area contributed by atoms with Crippen molar-refractivity contribution in [3.8, 4) is 0 Å². The summed E-state index contributed by atoms with van der Waals surface area (Å²) in [5.74, 6) is -0.319. The predicted octanol–water partition coefficient (Wildman–Crippen LogP) is 2.21. The van der Waals surface area contributed by atoms with Gasteiger partial charge in [-0.25, -0.2) is 9.59 Å². The van der Waals surface area contributed by atoms with Crippen LogP contribution in [0.2, 0.25) is 0 Å². The average molecular weight is 379 g/mol. The van der Waals surface area contributed by atoms with Crippen LogP contribution in [0.5, 0.6) is 0 Å². The molecular weight excluding hydrogens is 358 g/mol. The number of benzene rings is 1. The fraction of sp³-hybridized carbons (Fsp3) is 0.286. The molecule has 2 aliphatic heterocycles. The zero-order valence-corrected chi connectivity index (χ0v) is 15.7. The highest BCUT2D eigenvalue weighted by molar-refractivity contribution is 5.96. The van der Waals surface area contributed by atoms with Crippen molar-refractivity contribution in [1.82, 2.24) is 9.55 Å². The molecule has 144 valence electrons. The van der Waals surface area contributed by atoms with Crippen LogP contribution in [-0.2, 0) is 16.1 Å². The standard InChI is InChI=1S/C21H21N3O4/c1-4-9-24-18-17(19(25)23-21(24)27)15(16-14(22-18)10-28-20(16)26)13-7-5-12(6-8-13)11(2)3/h4-8,11,15,22H,1,9-10H2,2-3H3,(H,23,25,27). The summed E-state index contributed by atoms with van der Waals surface area (Å²) in [6.07, 6.45) is 1.58. The topological polar surface area (TPSA) is 93.2 Å². The van der Waals surface area contributed by atoms with Crippen LogP contribution in [0.15, 0.2) is 57.8 Å². The van der Waals surface area contributed by atoms with E-state index in [2.05, 4.69) is 30.7 Å². The molecule has 0 bridgehead atoms. The molecule has 0 spiro atoms. The van der Waals surface area contributed by atoms with Crippen molar-refractivity contribution < 1.29 is 9.53 Å². The number of carbonyl (C=O) groups excluding carboxylic acids is 1. The van der Waals surface area contributed by atoms with Gasteiger partial charge in [-0.15, -0.1) is 6.58 Å². The highest BCUT2D eigenvalue weighted by atomic mass is 16.5. The van der Waals surface area contributed by atoms with Crippen LogP contribution in [0, 0.1) is 0 Å². The Morgan fingerprint density at radius 3 is 2.61 bits per heavy atom. The fourth-order valence-corrected chi connectivity index (χ4v) is 3.80. The van der Waals surface area contributed by atoms with Crippen molar-refractivity contribution in [3.63, 3.8) is 0 Å². The number of aromatic nitrogens is 2. The van der Waals surface area contributed by atoms with Crippen molar-refractivity contribution in [1.29, 1.82) is 0 Å². The minimum atomic E-state index is -0.608. The summed E-state index contributed by atoms with van der Waals surface area (Å²) in [6, 6.07) is 7.84. The number of H-pyrrole nitrogens is 1. The van der Waals surface area contributed by atoms with Crippen LogP contribution in [0.25, 0.3) is 0 Å². The molecule has 1 aromatic carbocycles. The number of rotatable bonds is 4. The summed E-state index contributed by atoms with van der Waals surface area (Å²) in [6.45, 7) is 8.19. The monoisotopic (exact) mass is 379 g/mol. The quantitative estimate of drug-likeness (QED) is 0.628. The molecule has 2 aliphatic rings. The number of hydrogen-bond donors (Lipinski definition) is 2. The van der Waals surface area contributed by atoms with E-state index in [9.17, 15) is 14.4 Å². The smallest absolute Gasteiger partial charge is 0.337 e. The van der Waals surface area contributed by atoms with E-state index in [4.69, 9.17) is 4.74 Å². The van der Waals surface area contributed by atoms with E-state index in [0.29, 0.717) is 28.6 Å². The molecule has 7 nitrogen and oxygen atoms in total. The van der Waals surface area contributed by atoms with Crippen LogP contribution in [-0.4, -0.2) is 22.1 Å². The molecule has 0 radical (unpaired) electrons. The second-order valence-electron chi connectivity index (χ2n) is 7.27. The molecule has 2 N–H and O–H groups in total. The Bertz CT molecular complexity index is 1120. The number of carbonyl (C=O) groups is 1. The summed E-state index contributed by atoms with van der Waals surface area (Å²) in [5.41, 5.74) is 2.24. The van der Waals surface area contributed by atoms with Gasteiger partial charge in [0, 0.05) is 6.54 Å². The minimum absolute atomic E-state index is 0.0866. The van der Waals surface area contributed by atoms with Gasteiger partial charge in [-0.3, -0.25) is 14.3 Å². The van der Waals surface area contributed by atoms with Gasteiger partial charge in [0.25, 0.3) is 5.56 Å². The first-order valence-corrected chi connectivity index (χ1v) is 9.17. The Hall–Kier alpha value is -3.35. The lowest BCUT2D eigenvalue weighted by Gasteiger charge is -2.28. The van der Waals surface area contributed by atoms with Gasteiger partial charge in [-0.2, -0.15) is 0 Å². The Morgan fingerprint density at radius 1 is 1.25 bits per heavy atom. The maximum absolute atomic E-state index is 12.8. The second kappa shape index (κ2) is 6.67. The van der Waals surface area contributed by atoms with Crippen molar-refractivity contribution in [3.05, 3.63) is 85.7 Å². The van der Waals surface area contributed by atoms with Crippen LogP contribution < -0.4 is 16.6 Å². The van der Waals surface area contributed by atoms with E-state index in [1.165, 1.54) is 4.57 Å². The van der Waals surface area contributed by atoms with Gasteiger partial charge in [0.1, 0.15) is 12.4 Å². The van der Waals surface area contributed by atoms with Crippen molar-refractivity contribution in [2.45, 2.75) is 32.2 Å². The van der Waals surface area contributed by atoms with Gasteiger partial charge in [0.15, 0.2) is 0 Å². The molecule has 7 heteroatoms. The summed E-state index contributed by atoms with van der Waals surface area (Å²) < 4.78 is 6.63. The van der Waals surface area contributed by atoms with Gasteiger partial charge in [0.2, 0.25) is 0 Å². The van der Waals surface area contributed by atoms with Crippen molar-refractivity contribution in [2.24, 2.45) is 0 Å². The third kappa shape index (κ3) is 2.70. The second-order valence-corrected chi connectivity index (χ2v) is 7.27. The van der Waals surface area contributed by atoms with E-state index >= 15 is 0 Å². The summed E-state index contributed by atoms with van der Waals surface area (Å²) in [7, 11) is 0. The molecule has 3 heterocycles. The van der Waals surface area contributed by atoms with Crippen LogP contribution in [0.4, 0.5) is 5.82 Å². The van der Waals surface area contributed by atoms with Crippen LogP contribution >= 0.6 is 0 Å². The lowest BCUT2D eigenvalue weighted by Crippen LogP contribution is -2.38. The number of anilines is 1. The van der Waals surface area contributed by atoms with Gasteiger partial charge < -0.3 is 10.1 Å². The average Bonchev–Trinajstić information content (AvgIpc) is 3.04. The highest BCUT2D eigenvalue weighted by Gasteiger charge is 2.41. The number of ether oxygens (including phenoxy) is 1. The first-order chi connectivity index (χ1) is 13.4. The van der Waals surface area contributed by atoms with Gasteiger partial charge >= 0.3 is 11.7 Å². The predicted molar refractivity (Wildman–Crippen MR) is 106 cm³/mol. The molecule has 1 atom stereocenters. The zero-order valence-electron chi connectivity index (χ0n) is 15.7. The number of allylic oxidation sites excluding steroid dienone is 1. The van der Waals surface area contributed by atoms with Crippen molar-refractivity contribution in [2.75, 3.05) is 11.9 Å². The number of aromatic amines is 1. The first-order valence-electron chi connectivity index (χ1n) is 9.17. The molecule has 1 aromatic heterocycles. The number of hydrogen-bond acceptors (Lipinski definition) is 5. The van der Waals surface area contributed by atoms with Crippen LogP contribution in [0.3, 0.4) is 0 Å². The third-order valence-electron chi connectivity index (χ3n) is 5.22. The molecular formula is C21H21N3O4. The first kappa shape index (κ1) is 18.0. The number of cyclic esters (lactones) is 1. The third-order valence-corrected chi connectivity index (χ3v) is 5.22. The normalized spacial score (nSPS) is 17.8. The Labute approximate surface area is 161 Å². The Morgan fingerprint density at radius 2 is 1.96 bits per heavy atom. The molecule has 0 fully saturated rings. The van der Waals surface area contributed by atoms with E-state index in [-0.39, 0.29) is 13.2 Å². The minimum Gasteiger partial charge on any atom is -0.456 e. The highest BCUT2D eigenvalue weighted by Crippen LogP contribution is 2.42. The van der Waals surface area contributed by atoms with Gasteiger partial charge in [-0.1, -0.05) is 44.2 Å². The van der Waals surface area contributed by atoms with E-state index in [0.717, 1.165) is 11.1 Å². The fourth-order valence-electron chi connectivity index (χ4n) is 3.80. The van der Waals surface area contributed by atoms with Crippen LogP contribution in [0.1, 0.15) is 42.4 Å². The number of esters is 1.